The number of aliphatic carboxylic acids is 1. The summed E-state index contributed by atoms with van der Waals surface area (Å²) in [6.07, 6.45) is 7.13. The maximum absolute atomic E-state index is 11.7. The third-order valence-corrected chi connectivity index (χ3v) is 5.99. The molecular weight excluding hydrogens is 312 g/mol. The SMILES string of the molecule is O=C(O)[C@@H]1C[C@@H]2CCCC[C@H]2N1Cc1coc(-c2cccs2)n1. The first kappa shape index (κ1) is 14.9. The Balaban J connectivity index is 1.55. The Kier molecular flexibility index (Phi) is 3.95. The fourth-order valence-electron chi connectivity index (χ4n) is 4.10. The molecule has 0 unspecified atom stereocenters. The molecule has 5 nitrogen and oxygen atoms in total. The van der Waals surface area contributed by atoms with Gasteiger partial charge < -0.3 is 9.52 Å². The normalized spacial score (nSPS) is 27.9. The van der Waals surface area contributed by atoms with Crippen molar-refractivity contribution in [1.82, 2.24) is 9.88 Å². The highest BCUT2D eigenvalue weighted by Gasteiger charge is 2.45. The van der Waals surface area contributed by atoms with Crippen molar-refractivity contribution in [3.63, 3.8) is 0 Å². The number of thiophene rings is 1. The van der Waals surface area contributed by atoms with Crippen LogP contribution in [0.25, 0.3) is 10.8 Å². The van der Waals surface area contributed by atoms with Crippen LogP contribution < -0.4 is 0 Å². The molecule has 1 saturated heterocycles. The molecule has 3 heterocycles. The third-order valence-electron chi connectivity index (χ3n) is 5.13. The van der Waals surface area contributed by atoms with Crippen LogP contribution in [0.2, 0.25) is 0 Å². The first-order valence-corrected chi connectivity index (χ1v) is 9.07. The van der Waals surface area contributed by atoms with Crippen molar-refractivity contribution in [1.29, 1.82) is 0 Å². The first-order chi connectivity index (χ1) is 11.2. The van der Waals surface area contributed by atoms with Crippen molar-refractivity contribution in [2.75, 3.05) is 0 Å². The van der Waals surface area contributed by atoms with Crippen molar-refractivity contribution in [2.45, 2.75) is 50.7 Å². The average molecular weight is 332 g/mol. The monoisotopic (exact) mass is 332 g/mol. The van der Waals surface area contributed by atoms with Gasteiger partial charge in [0.15, 0.2) is 0 Å². The van der Waals surface area contributed by atoms with Crippen LogP contribution in [0.15, 0.2) is 28.2 Å². The Hall–Kier alpha value is -1.66. The lowest BCUT2D eigenvalue weighted by Crippen LogP contribution is -2.41. The number of likely N-dealkylation sites (tertiary alicyclic amines) is 1. The van der Waals surface area contributed by atoms with Crippen LogP contribution in [-0.4, -0.2) is 33.0 Å². The number of rotatable bonds is 4. The lowest BCUT2D eigenvalue weighted by atomic mass is 9.85. The molecule has 122 valence electrons. The number of hydrogen-bond acceptors (Lipinski definition) is 5. The molecule has 0 spiro atoms. The van der Waals surface area contributed by atoms with Crippen molar-refractivity contribution < 1.29 is 14.3 Å². The topological polar surface area (TPSA) is 66.6 Å². The van der Waals surface area contributed by atoms with Crippen molar-refractivity contribution in [3.8, 4) is 10.8 Å². The molecule has 0 radical (unpaired) electrons. The van der Waals surface area contributed by atoms with Crippen molar-refractivity contribution >= 4 is 17.3 Å². The van der Waals surface area contributed by atoms with E-state index in [-0.39, 0.29) is 6.04 Å². The Bertz CT molecular complexity index is 682. The minimum Gasteiger partial charge on any atom is -0.480 e. The number of carbonyl (C=O) groups is 1. The van der Waals surface area contributed by atoms with Crippen LogP contribution >= 0.6 is 11.3 Å². The van der Waals surface area contributed by atoms with Gasteiger partial charge in [-0.05, 0) is 36.6 Å². The van der Waals surface area contributed by atoms with Crippen LogP contribution in [0, 0.1) is 5.92 Å². The molecule has 1 saturated carbocycles. The Morgan fingerprint density at radius 1 is 1.43 bits per heavy atom. The zero-order valence-electron chi connectivity index (χ0n) is 12.9. The second kappa shape index (κ2) is 6.09. The summed E-state index contributed by atoms with van der Waals surface area (Å²) in [7, 11) is 0. The molecular formula is C17H20N2O3S. The Morgan fingerprint density at radius 2 is 2.30 bits per heavy atom. The lowest BCUT2D eigenvalue weighted by Gasteiger charge is -2.32. The maximum Gasteiger partial charge on any atom is 0.320 e. The summed E-state index contributed by atoms with van der Waals surface area (Å²) in [5.74, 6) is 0.441. The van der Waals surface area contributed by atoms with E-state index in [4.69, 9.17) is 4.42 Å². The molecule has 3 atom stereocenters. The van der Waals surface area contributed by atoms with Gasteiger partial charge in [0.25, 0.3) is 0 Å². The van der Waals surface area contributed by atoms with Gasteiger partial charge in [-0.25, -0.2) is 4.98 Å². The van der Waals surface area contributed by atoms with Gasteiger partial charge in [0.2, 0.25) is 5.89 Å². The molecule has 2 aromatic rings. The van der Waals surface area contributed by atoms with Gasteiger partial charge in [0, 0.05) is 12.6 Å². The zero-order valence-corrected chi connectivity index (χ0v) is 13.7. The predicted molar refractivity (Wildman–Crippen MR) is 87.1 cm³/mol. The van der Waals surface area contributed by atoms with E-state index in [1.54, 1.807) is 17.6 Å². The quantitative estimate of drug-likeness (QED) is 0.926. The predicted octanol–water partition coefficient (Wildman–Crippen LogP) is 3.62. The second-order valence-corrected chi connectivity index (χ2v) is 7.44. The van der Waals surface area contributed by atoms with Crippen LogP contribution in [0.4, 0.5) is 0 Å². The summed E-state index contributed by atoms with van der Waals surface area (Å²) in [6, 6.07) is 3.95. The molecule has 0 aromatic carbocycles. The van der Waals surface area contributed by atoms with E-state index >= 15 is 0 Å². The van der Waals surface area contributed by atoms with E-state index in [0.717, 1.165) is 29.8 Å². The molecule has 0 amide bonds. The number of oxazole rings is 1. The molecule has 4 rings (SSSR count). The summed E-state index contributed by atoms with van der Waals surface area (Å²) in [5, 5.41) is 11.6. The fraction of sp³-hybridized carbons (Fsp3) is 0.529. The van der Waals surface area contributed by atoms with Crippen LogP contribution in [0.1, 0.15) is 37.8 Å². The molecule has 2 aliphatic rings. The maximum atomic E-state index is 11.7. The molecule has 6 heteroatoms. The highest BCUT2D eigenvalue weighted by Crippen LogP contribution is 2.40. The summed E-state index contributed by atoms with van der Waals surface area (Å²) in [6.45, 7) is 0.563. The summed E-state index contributed by atoms with van der Waals surface area (Å²) in [5.41, 5.74) is 0.825. The smallest absolute Gasteiger partial charge is 0.320 e. The molecule has 2 fully saturated rings. The summed E-state index contributed by atoms with van der Waals surface area (Å²) >= 11 is 1.59. The molecule has 1 aliphatic heterocycles. The van der Waals surface area contributed by atoms with E-state index in [1.165, 1.54) is 12.8 Å². The summed E-state index contributed by atoms with van der Waals surface area (Å²) < 4.78 is 5.58. The minimum absolute atomic E-state index is 0.381. The second-order valence-electron chi connectivity index (χ2n) is 6.50. The molecule has 1 aliphatic carbocycles. The average Bonchev–Trinajstić information content (AvgIpc) is 3.26. The van der Waals surface area contributed by atoms with Crippen molar-refractivity contribution in [2.24, 2.45) is 5.92 Å². The fourth-order valence-corrected chi connectivity index (χ4v) is 4.76. The van der Waals surface area contributed by atoms with E-state index in [9.17, 15) is 9.90 Å². The van der Waals surface area contributed by atoms with E-state index in [0.29, 0.717) is 24.4 Å². The van der Waals surface area contributed by atoms with Crippen molar-refractivity contribution in [3.05, 3.63) is 29.5 Å². The highest BCUT2D eigenvalue weighted by molar-refractivity contribution is 7.13. The molecule has 0 bridgehead atoms. The molecule has 23 heavy (non-hydrogen) atoms. The van der Waals surface area contributed by atoms with Crippen LogP contribution in [0.3, 0.4) is 0 Å². The number of nitrogens with zero attached hydrogens (tertiary/aromatic N) is 2. The van der Waals surface area contributed by atoms with Gasteiger partial charge in [0.05, 0.1) is 10.6 Å². The van der Waals surface area contributed by atoms with Gasteiger partial charge in [-0.1, -0.05) is 18.9 Å². The van der Waals surface area contributed by atoms with Crippen LogP contribution in [0.5, 0.6) is 0 Å². The summed E-state index contributed by atoms with van der Waals surface area (Å²) in [4.78, 5) is 19.4. The number of hydrogen-bond donors (Lipinski definition) is 1. The Labute approximate surface area is 138 Å². The molecule has 2 aromatic heterocycles. The van der Waals surface area contributed by atoms with E-state index in [2.05, 4.69) is 9.88 Å². The number of carboxylic acids is 1. The highest BCUT2D eigenvalue weighted by atomic mass is 32.1. The van der Waals surface area contributed by atoms with Gasteiger partial charge in [-0.2, -0.15) is 0 Å². The lowest BCUT2D eigenvalue weighted by molar-refractivity contribution is -0.142. The van der Waals surface area contributed by atoms with E-state index < -0.39 is 5.97 Å². The minimum atomic E-state index is -0.707. The van der Waals surface area contributed by atoms with Gasteiger partial charge in [-0.15, -0.1) is 11.3 Å². The Morgan fingerprint density at radius 3 is 3.09 bits per heavy atom. The first-order valence-electron chi connectivity index (χ1n) is 8.19. The van der Waals surface area contributed by atoms with Gasteiger partial charge in [-0.3, -0.25) is 9.69 Å². The van der Waals surface area contributed by atoms with Gasteiger partial charge >= 0.3 is 5.97 Å². The third kappa shape index (κ3) is 2.81. The van der Waals surface area contributed by atoms with Crippen LogP contribution in [-0.2, 0) is 11.3 Å². The molecule has 1 N–H and O–H groups in total. The number of carboxylic acid groups (broad SMARTS) is 1. The zero-order chi connectivity index (χ0) is 15.8. The van der Waals surface area contributed by atoms with Gasteiger partial charge in [0.1, 0.15) is 12.3 Å². The number of fused-ring (bicyclic) bond motifs is 1. The van der Waals surface area contributed by atoms with E-state index in [1.807, 2.05) is 17.5 Å². The number of aromatic nitrogens is 1. The largest absolute Gasteiger partial charge is 0.480 e. The standard InChI is InChI=1S/C17H20N2O3S/c20-17(21)14-8-11-4-1-2-5-13(11)19(14)9-12-10-22-16(18-12)15-6-3-7-23-15/h3,6-7,10-11,13-14H,1-2,4-5,8-9H2,(H,20,21)/t11-,13+,14-/m0/s1.